The highest BCUT2D eigenvalue weighted by atomic mass is 16.5. The van der Waals surface area contributed by atoms with E-state index in [-0.39, 0.29) is 0 Å². The lowest BCUT2D eigenvalue weighted by molar-refractivity contribution is 0.136. The monoisotopic (exact) mass is 249 g/mol. The number of hydrogen-bond acceptors (Lipinski definition) is 2. The van der Waals surface area contributed by atoms with E-state index >= 15 is 0 Å². The van der Waals surface area contributed by atoms with Gasteiger partial charge in [-0.3, -0.25) is 0 Å². The summed E-state index contributed by atoms with van der Waals surface area (Å²) in [5.41, 5.74) is 4.11. The molecule has 1 N–H and O–H groups in total. The number of rotatable bonds is 8. The summed E-state index contributed by atoms with van der Waals surface area (Å²) in [5.74, 6) is 0. The highest BCUT2D eigenvalue weighted by Crippen LogP contribution is 2.20. The van der Waals surface area contributed by atoms with E-state index in [1.165, 1.54) is 16.7 Å². The molecule has 0 aromatic heterocycles. The maximum absolute atomic E-state index is 5.48. The zero-order valence-corrected chi connectivity index (χ0v) is 12.3. The van der Waals surface area contributed by atoms with E-state index in [1.54, 1.807) is 0 Å². The molecule has 0 fully saturated rings. The van der Waals surface area contributed by atoms with Crippen LogP contribution in [0.15, 0.2) is 18.2 Å². The largest absolute Gasteiger partial charge is 0.382 e. The summed E-state index contributed by atoms with van der Waals surface area (Å²) in [6.07, 6.45) is 2.20. The molecule has 0 saturated heterocycles. The second-order valence-corrected chi connectivity index (χ2v) is 4.84. The Morgan fingerprint density at radius 2 is 1.94 bits per heavy atom. The average molecular weight is 249 g/mol. The summed E-state index contributed by atoms with van der Waals surface area (Å²) in [6, 6.07) is 7.16. The second kappa shape index (κ2) is 8.28. The summed E-state index contributed by atoms with van der Waals surface area (Å²) in [4.78, 5) is 0. The topological polar surface area (TPSA) is 21.3 Å². The van der Waals surface area contributed by atoms with Crippen molar-refractivity contribution in [2.75, 3.05) is 19.8 Å². The number of aryl methyl sites for hydroxylation is 2. The molecule has 1 atom stereocenters. The minimum absolute atomic E-state index is 0.413. The predicted molar refractivity (Wildman–Crippen MR) is 78.1 cm³/mol. The van der Waals surface area contributed by atoms with Crippen molar-refractivity contribution < 1.29 is 4.74 Å². The van der Waals surface area contributed by atoms with Crippen molar-refractivity contribution in [3.8, 4) is 0 Å². The lowest BCUT2D eigenvalue weighted by Gasteiger charge is -2.20. The van der Waals surface area contributed by atoms with Crippen LogP contribution in [0.4, 0.5) is 0 Å². The summed E-state index contributed by atoms with van der Waals surface area (Å²) in [7, 11) is 0. The Kier molecular flexibility index (Phi) is 6.99. The lowest BCUT2D eigenvalue weighted by Crippen LogP contribution is -2.23. The maximum atomic E-state index is 5.48. The fourth-order valence-corrected chi connectivity index (χ4v) is 2.03. The van der Waals surface area contributed by atoms with Crippen molar-refractivity contribution in [2.45, 2.75) is 46.6 Å². The van der Waals surface area contributed by atoms with Gasteiger partial charge in [0.25, 0.3) is 0 Å². The highest BCUT2D eigenvalue weighted by molar-refractivity contribution is 5.31. The van der Waals surface area contributed by atoms with Gasteiger partial charge in [0, 0.05) is 19.3 Å². The number of nitrogens with one attached hydrogen (secondary N) is 1. The molecule has 2 nitrogen and oxygen atoms in total. The van der Waals surface area contributed by atoms with Crippen LogP contribution in [0, 0.1) is 13.8 Å². The van der Waals surface area contributed by atoms with Crippen LogP contribution in [0.5, 0.6) is 0 Å². The van der Waals surface area contributed by atoms with Crippen molar-refractivity contribution >= 4 is 0 Å². The van der Waals surface area contributed by atoms with E-state index < -0.39 is 0 Å². The maximum Gasteiger partial charge on any atom is 0.0484 e. The normalized spacial score (nSPS) is 12.7. The van der Waals surface area contributed by atoms with Crippen molar-refractivity contribution in [3.05, 3.63) is 34.9 Å². The molecule has 0 aliphatic carbocycles. The molecule has 0 aliphatic rings. The molecule has 0 aliphatic heterocycles. The predicted octanol–water partition coefficient (Wildman–Crippen LogP) is 3.77. The van der Waals surface area contributed by atoms with E-state index in [0.29, 0.717) is 6.04 Å². The number of benzene rings is 1. The van der Waals surface area contributed by atoms with Gasteiger partial charge < -0.3 is 10.1 Å². The number of hydrogen-bond donors (Lipinski definition) is 1. The molecule has 1 unspecified atom stereocenters. The molecule has 1 aromatic rings. The van der Waals surface area contributed by atoms with Crippen LogP contribution in [0.3, 0.4) is 0 Å². The SMILES string of the molecule is CCCNC(CCOCC)c1ccc(C)c(C)c1. The van der Waals surface area contributed by atoms with Gasteiger partial charge in [-0.25, -0.2) is 0 Å². The van der Waals surface area contributed by atoms with Crippen LogP contribution in [-0.4, -0.2) is 19.8 Å². The van der Waals surface area contributed by atoms with Gasteiger partial charge in [0.2, 0.25) is 0 Å². The Hall–Kier alpha value is -0.860. The van der Waals surface area contributed by atoms with E-state index in [2.05, 4.69) is 44.3 Å². The summed E-state index contributed by atoms with van der Waals surface area (Å²) in [6.45, 7) is 11.3. The van der Waals surface area contributed by atoms with Gasteiger partial charge in [0.05, 0.1) is 0 Å². The van der Waals surface area contributed by atoms with Gasteiger partial charge in [0.1, 0.15) is 0 Å². The van der Waals surface area contributed by atoms with E-state index in [0.717, 1.165) is 32.6 Å². The van der Waals surface area contributed by atoms with Gasteiger partial charge in [-0.05, 0) is 56.8 Å². The Morgan fingerprint density at radius 1 is 1.17 bits per heavy atom. The minimum Gasteiger partial charge on any atom is -0.382 e. The molecule has 1 aromatic carbocycles. The molecule has 1 rings (SSSR count). The molecular weight excluding hydrogens is 222 g/mol. The minimum atomic E-state index is 0.413. The van der Waals surface area contributed by atoms with Crippen molar-refractivity contribution in [2.24, 2.45) is 0 Å². The third kappa shape index (κ3) is 4.79. The molecular formula is C16H27NO. The van der Waals surface area contributed by atoms with Crippen LogP contribution in [-0.2, 0) is 4.74 Å². The van der Waals surface area contributed by atoms with Gasteiger partial charge in [-0.15, -0.1) is 0 Å². The smallest absolute Gasteiger partial charge is 0.0484 e. The van der Waals surface area contributed by atoms with E-state index in [4.69, 9.17) is 4.74 Å². The molecule has 2 heteroatoms. The van der Waals surface area contributed by atoms with Crippen molar-refractivity contribution in [1.29, 1.82) is 0 Å². The Labute approximate surface area is 112 Å². The van der Waals surface area contributed by atoms with Crippen molar-refractivity contribution in [3.63, 3.8) is 0 Å². The van der Waals surface area contributed by atoms with Gasteiger partial charge in [0.15, 0.2) is 0 Å². The first-order valence-electron chi connectivity index (χ1n) is 7.07. The lowest BCUT2D eigenvalue weighted by atomic mass is 9.99. The third-order valence-corrected chi connectivity index (χ3v) is 3.33. The summed E-state index contributed by atoms with van der Waals surface area (Å²) >= 11 is 0. The molecule has 0 spiro atoms. The molecule has 0 heterocycles. The summed E-state index contributed by atoms with van der Waals surface area (Å²) < 4.78 is 5.48. The first-order chi connectivity index (χ1) is 8.69. The van der Waals surface area contributed by atoms with Crippen LogP contribution < -0.4 is 5.32 Å². The second-order valence-electron chi connectivity index (χ2n) is 4.84. The first kappa shape index (κ1) is 15.2. The zero-order valence-electron chi connectivity index (χ0n) is 12.3. The highest BCUT2D eigenvalue weighted by Gasteiger charge is 2.11. The zero-order chi connectivity index (χ0) is 13.4. The van der Waals surface area contributed by atoms with Gasteiger partial charge >= 0.3 is 0 Å². The van der Waals surface area contributed by atoms with Gasteiger partial charge in [-0.2, -0.15) is 0 Å². The molecule has 0 amide bonds. The first-order valence-corrected chi connectivity index (χ1v) is 7.07. The van der Waals surface area contributed by atoms with Crippen molar-refractivity contribution in [1.82, 2.24) is 5.32 Å². The third-order valence-electron chi connectivity index (χ3n) is 3.33. The van der Waals surface area contributed by atoms with E-state index in [9.17, 15) is 0 Å². The molecule has 0 bridgehead atoms. The summed E-state index contributed by atoms with van der Waals surface area (Å²) in [5, 5.41) is 3.61. The Balaban J connectivity index is 2.70. The van der Waals surface area contributed by atoms with Gasteiger partial charge in [-0.1, -0.05) is 25.1 Å². The molecule has 18 heavy (non-hydrogen) atoms. The standard InChI is InChI=1S/C16H27NO/c1-5-10-17-16(9-11-18-6-2)15-8-7-13(3)14(4)12-15/h7-8,12,16-17H,5-6,9-11H2,1-4H3. The van der Waals surface area contributed by atoms with E-state index in [1.807, 2.05) is 6.92 Å². The molecule has 0 saturated carbocycles. The molecule has 102 valence electrons. The fourth-order valence-electron chi connectivity index (χ4n) is 2.03. The van der Waals surface area contributed by atoms with Crippen LogP contribution in [0.25, 0.3) is 0 Å². The fraction of sp³-hybridized carbons (Fsp3) is 0.625. The average Bonchev–Trinajstić information content (AvgIpc) is 2.37. The van der Waals surface area contributed by atoms with Crippen LogP contribution >= 0.6 is 0 Å². The molecule has 0 radical (unpaired) electrons. The number of ether oxygens (including phenoxy) is 1. The Bertz CT molecular complexity index is 349. The van der Waals surface area contributed by atoms with Crippen LogP contribution in [0.1, 0.15) is 49.4 Å². The van der Waals surface area contributed by atoms with Crippen LogP contribution in [0.2, 0.25) is 0 Å². The Morgan fingerprint density at radius 3 is 2.56 bits per heavy atom. The quantitative estimate of drug-likeness (QED) is 0.708.